The number of carboxylic acids is 1. The number of nitrogens with one attached hydrogen (secondary N) is 1. The third-order valence-corrected chi connectivity index (χ3v) is 4.06. The van der Waals surface area contributed by atoms with Gasteiger partial charge in [-0.2, -0.15) is 5.10 Å². The number of aliphatic carboxylic acids is 1. The fourth-order valence-corrected chi connectivity index (χ4v) is 2.38. The minimum absolute atomic E-state index is 0.0324. The molecular weight excluding hydrogens is 346 g/mol. The van der Waals surface area contributed by atoms with E-state index in [4.69, 9.17) is 16.3 Å². The van der Waals surface area contributed by atoms with Gasteiger partial charge in [-0.05, 0) is 49.9 Å². The average Bonchev–Trinajstić information content (AvgIpc) is 2.97. The van der Waals surface area contributed by atoms with Gasteiger partial charge in [0, 0.05) is 23.7 Å². The molecule has 0 radical (unpaired) electrons. The molecule has 0 atom stereocenters. The van der Waals surface area contributed by atoms with Crippen LogP contribution >= 0.6 is 11.6 Å². The van der Waals surface area contributed by atoms with Gasteiger partial charge in [-0.15, -0.1) is 0 Å². The third kappa shape index (κ3) is 5.79. The number of carboxylic acid groups (broad SMARTS) is 1. The topological polar surface area (TPSA) is 96.3 Å². The Hall–Kier alpha value is -2.54. The van der Waals surface area contributed by atoms with Gasteiger partial charge in [0.05, 0.1) is 11.9 Å². The number of rotatable bonds is 8. The van der Waals surface area contributed by atoms with E-state index < -0.39 is 5.97 Å². The molecule has 1 aromatic carbocycles. The van der Waals surface area contributed by atoms with Gasteiger partial charge in [0.25, 0.3) is 5.91 Å². The van der Waals surface area contributed by atoms with Crippen molar-refractivity contribution >= 4 is 29.2 Å². The largest absolute Gasteiger partial charge is 0.550 e. The molecule has 134 valence electrons. The molecule has 2 rings (SSSR count). The van der Waals surface area contributed by atoms with Crippen molar-refractivity contribution in [2.24, 2.45) is 0 Å². The molecule has 1 amide bonds. The SMILES string of the molecule is Cc1cc(OCC(=O)Nc2cnn(CCCC(=O)[O-])c2)cc(C)c1Cl. The summed E-state index contributed by atoms with van der Waals surface area (Å²) in [4.78, 5) is 22.3. The first-order chi connectivity index (χ1) is 11.8. The van der Waals surface area contributed by atoms with Crippen molar-refractivity contribution in [2.75, 3.05) is 11.9 Å². The Morgan fingerprint density at radius 1 is 1.32 bits per heavy atom. The lowest BCUT2D eigenvalue weighted by atomic mass is 10.1. The number of anilines is 1. The van der Waals surface area contributed by atoms with Crippen LogP contribution in [0.4, 0.5) is 5.69 Å². The minimum atomic E-state index is -1.09. The van der Waals surface area contributed by atoms with Gasteiger partial charge in [0.2, 0.25) is 0 Å². The van der Waals surface area contributed by atoms with Gasteiger partial charge in [0.15, 0.2) is 6.61 Å². The molecule has 0 saturated heterocycles. The van der Waals surface area contributed by atoms with Gasteiger partial charge in [0.1, 0.15) is 5.75 Å². The van der Waals surface area contributed by atoms with Crippen LogP contribution in [0.25, 0.3) is 0 Å². The van der Waals surface area contributed by atoms with E-state index in [1.54, 1.807) is 23.0 Å². The van der Waals surface area contributed by atoms with E-state index in [1.807, 2.05) is 13.8 Å². The summed E-state index contributed by atoms with van der Waals surface area (Å²) in [5.41, 5.74) is 2.29. The summed E-state index contributed by atoms with van der Waals surface area (Å²) < 4.78 is 7.05. The maximum absolute atomic E-state index is 11.9. The second-order valence-corrected chi connectivity index (χ2v) is 6.05. The van der Waals surface area contributed by atoms with E-state index in [0.717, 1.165) is 11.1 Å². The molecule has 8 heteroatoms. The van der Waals surface area contributed by atoms with E-state index in [0.29, 0.717) is 29.4 Å². The normalized spacial score (nSPS) is 10.5. The lowest BCUT2D eigenvalue weighted by Gasteiger charge is -2.09. The summed E-state index contributed by atoms with van der Waals surface area (Å²) in [7, 11) is 0. The number of hydrogen-bond acceptors (Lipinski definition) is 5. The molecule has 1 N–H and O–H groups in total. The Kier molecular flexibility index (Phi) is 6.41. The molecule has 25 heavy (non-hydrogen) atoms. The number of aryl methyl sites for hydroxylation is 3. The zero-order chi connectivity index (χ0) is 18.4. The zero-order valence-corrected chi connectivity index (χ0v) is 14.8. The van der Waals surface area contributed by atoms with Gasteiger partial charge in [-0.1, -0.05) is 11.6 Å². The molecule has 1 heterocycles. The molecule has 2 aromatic rings. The number of carbonyl (C=O) groups excluding carboxylic acids is 2. The highest BCUT2D eigenvalue weighted by Gasteiger charge is 2.08. The monoisotopic (exact) mass is 364 g/mol. The quantitative estimate of drug-likeness (QED) is 0.769. The Morgan fingerprint density at radius 3 is 2.64 bits per heavy atom. The molecule has 0 bridgehead atoms. The summed E-state index contributed by atoms with van der Waals surface area (Å²) in [6.45, 7) is 4.04. The molecular formula is C17H19ClN3O4-. The van der Waals surface area contributed by atoms with Crippen LogP contribution in [0, 0.1) is 13.8 Å². The average molecular weight is 365 g/mol. The lowest BCUT2D eigenvalue weighted by molar-refractivity contribution is -0.305. The van der Waals surface area contributed by atoms with Crippen molar-refractivity contribution in [2.45, 2.75) is 33.2 Å². The fourth-order valence-electron chi connectivity index (χ4n) is 2.27. The second-order valence-electron chi connectivity index (χ2n) is 5.68. The summed E-state index contributed by atoms with van der Waals surface area (Å²) >= 11 is 6.10. The Balaban J connectivity index is 1.82. The maximum Gasteiger partial charge on any atom is 0.262 e. The molecule has 7 nitrogen and oxygen atoms in total. The fraction of sp³-hybridized carbons (Fsp3) is 0.353. The summed E-state index contributed by atoms with van der Waals surface area (Å²) in [6, 6.07) is 3.55. The first-order valence-electron chi connectivity index (χ1n) is 7.77. The highest BCUT2D eigenvalue weighted by Crippen LogP contribution is 2.25. The number of halogens is 1. The van der Waals surface area contributed by atoms with E-state index in [-0.39, 0.29) is 18.9 Å². The molecule has 1 aromatic heterocycles. The van der Waals surface area contributed by atoms with Gasteiger partial charge < -0.3 is 20.0 Å². The van der Waals surface area contributed by atoms with Gasteiger partial charge >= 0.3 is 0 Å². The predicted octanol–water partition coefficient (Wildman–Crippen LogP) is 1.70. The minimum Gasteiger partial charge on any atom is -0.550 e. The highest BCUT2D eigenvalue weighted by molar-refractivity contribution is 6.32. The zero-order valence-electron chi connectivity index (χ0n) is 14.0. The van der Waals surface area contributed by atoms with Crippen molar-refractivity contribution in [3.05, 3.63) is 40.7 Å². The van der Waals surface area contributed by atoms with Crippen LogP contribution in [0.3, 0.4) is 0 Å². The van der Waals surface area contributed by atoms with Crippen molar-refractivity contribution in [3.8, 4) is 5.75 Å². The number of carbonyl (C=O) groups is 2. The van der Waals surface area contributed by atoms with Crippen molar-refractivity contribution < 1.29 is 19.4 Å². The molecule has 0 unspecified atom stereocenters. The van der Waals surface area contributed by atoms with Crippen LogP contribution in [0.15, 0.2) is 24.5 Å². The summed E-state index contributed by atoms with van der Waals surface area (Å²) in [5.74, 6) is -0.836. The number of benzene rings is 1. The molecule has 0 saturated carbocycles. The second kappa shape index (κ2) is 8.53. The van der Waals surface area contributed by atoms with Crippen LogP contribution in [-0.4, -0.2) is 28.3 Å². The molecule has 0 aliphatic carbocycles. The van der Waals surface area contributed by atoms with Crippen LogP contribution in [0.2, 0.25) is 5.02 Å². The van der Waals surface area contributed by atoms with E-state index in [9.17, 15) is 14.7 Å². The number of aromatic nitrogens is 2. The maximum atomic E-state index is 11.9. The van der Waals surface area contributed by atoms with E-state index in [1.165, 1.54) is 6.20 Å². The number of hydrogen-bond donors (Lipinski definition) is 1. The molecule has 0 aliphatic heterocycles. The molecule has 0 fully saturated rings. The predicted molar refractivity (Wildman–Crippen MR) is 91.5 cm³/mol. The Morgan fingerprint density at radius 2 is 2.00 bits per heavy atom. The standard InChI is InChI=1S/C17H20ClN3O4/c1-11-6-14(7-12(2)17(11)18)25-10-15(22)20-13-8-19-21(9-13)5-3-4-16(23)24/h6-9H,3-5,10H2,1-2H3,(H,20,22)(H,23,24)/p-1. The number of nitrogens with zero attached hydrogens (tertiary/aromatic N) is 2. The van der Waals surface area contributed by atoms with Crippen LogP contribution in [0.5, 0.6) is 5.75 Å². The lowest BCUT2D eigenvalue weighted by Crippen LogP contribution is -2.22. The Bertz CT molecular complexity index is 750. The van der Waals surface area contributed by atoms with Crippen LogP contribution in [0.1, 0.15) is 24.0 Å². The molecule has 0 aliphatic rings. The highest BCUT2D eigenvalue weighted by atomic mass is 35.5. The smallest absolute Gasteiger partial charge is 0.262 e. The summed E-state index contributed by atoms with van der Waals surface area (Å²) in [5, 5.41) is 17.8. The van der Waals surface area contributed by atoms with E-state index in [2.05, 4.69) is 10.4 Å². The van der Waals surface area contributed by atoms with Crippen LogP contribution in [-0.2, 0) is 16.1 Å². The van der Waals surface area contributed by atoms with Gasteiger partial charge in [-0.3, -0.25) is 9.48 Å². The first kappa shape index (κ1) is 18.8. The van der Waals surface area contributed by atoms with Crippen molar-refractivity contribution in [1.82, 2.24) is 9.78 Å². The first-order valence-corrected chi connectivity index (χ1v) is 8.14. The van der Waals surface area contributed by atoms with Crippen molar-refractivity contribution in [1.29, 1.82) is 0 Å². The van der Waals surface area contributed by atoms with Crippen LogP contribution < -0.4 is 15.2 Å². The van der Waals surface area contributed by atoms with E-state index >= 15 is 0 Å². The number of amides is 1. The van der Waals surface area contributed by atoms with Crippen molar-refractivity contribution in [3.63, 3.8) is 0 Å². The number of ether oxygens (including phenoxy) is 1. The Labute approximate surface area is 150 Å². The molecule has 0 spiro atoms. The van der Waals surface area contributed by atoms with Gasteiger partial charge in [-0.25, -0.2) is 0 Å². The third-order valence-electron chi connectivity index (χ3n) is 3.47. The summed E-state index contributed by atoms with van der Waals surface area (Å²) in [6.07, 6.45) is 3.50.